The Labute approximate surface area is 199 Å². The lowest BCUT2D eigenvalue weighted by atomic mass is 10.0. The third-order valence-electron chi connectivity index (χ3n) is 5.79. The molecule has 8 nitrogen and oxygen atoms in total. The summed E-state index contributed by atoms with van der Waals surface area (Å²) >= 11 is 0. The number of esters is 2. The number of anilines is 1. The summed E-state index contributed by atoms with van der Waals surface area (Å²) in [6, 6.07) is 9.27. The third kappa shape index (κ3) is 5.00. The second-order valence-electron chi connectivity index (χ2n) is 9.58. The minimum absolute atomic E-state index is 0.161. The molecule has 0 saturated carbocycles. The number of fused-ring (bicyclic) bond motifs is 2. The monoisotopic (exact) mass is 466 g/mol. The molecule has 180 valence electrons. The van der Waals surface area contributed by atoms with Crippen molar-refractivity contribution in [2.24, 2.45) is 0 Å². The minimum atomic E-state index is -0.665. The molecule has 4 rings (SSSR count). The maximum Gasteiger partial charge on any atom is 0.343 e. The van der Waals surface area contributed by atoms with Crippen molar-refractivity contribution in [2.75, 3.05) is 18.9 Å². The lowest BCUT2D eigenvalue weighted by Gasteiger charge is -2.28. The van der Waals surface area contributed by atoms with Crippen LogP contribution in [0.2, 0.25) is 0 Å². The molecule has 0 aliphatic carbocycles. The van der Waals surface area contributed by atoms with Crippen molar-refractivity contribution in [1.82, 2.24) is 4.90 Å². The Hall–Kier alpha value is -3.55. The van der Waals surface area contributed by atoms with Crippen LogP contribution in [-0.4, -0.2) is 47.5 Å². The van der Waals surface area contributed by atoms with Crippen LogP contribution in [0.5, 0.6) is 11.5 Å². The van der Waals surface area contributed by atoms with Gasteiger partial charge in [0.1, 0.15) is 11.6 Å². The zero-order chi connectivity index (χ0) is 24.5. The van der Waals surface area contributed by atoms with E-state index in [0.29, 0.717) is 50.1 Å². The minimum Gasteiger partial charge on any atom is -0.489 e. The highest BCUT2D eigenvalue weighted by Crippen LogP contribution is 2.35. The van der Waals surface area contributed by atoms with E-state index in [1.807, 2.05) is 0 Å². The van der Waals surface area contributed by atoms with E-state index in [0.717, 1.165) is 5.56 Å². The number of likely N-dealkylation sites (tertiary alicyclic amines) is 1. The molecule has 2 aliphatic heterocycles. The van der Waals surface area contributed by atoms with E-state index in [9.17, 15) is 14.4 Å². The molecule has 0 radical (unpaired) electrons. The van der Waals surface area contributed by atoms with E-state index in [1.54, 1.807) is 57.2 Å². The number of aryl methyl sites for hydroxylation is 1. The molecule has 1 unspecified atom stereocenters. The number of nitrogen functional groups attached to an aromatic ring is 1. The first kappa shape index (κ1) is 23.6. The number of carbonyl (C=O) groups is 3. The third-order valence-corrected chi connectivity index (χ3v) is 5.79. The van der Waals surface area contributed by atoms with Gasteiger partial charge in [-0.25, -0.2) is 9.59 Å². The molecule has 2 aromatic carbocycles. The van der Waals surface area contributed by atoms with E-state index in [2.05, 4.69) is 0 Å². The molecular weight excluding hydrogens is 436 g/mol. The standard InChI is InChI=1S/C26H30N2O6/c1-26(2,3)34-25(31)20-9-5-13-28(20)23(29)19-8-4-10-21-22(19)32-14-6-7-16-15-17(27)11-12-18(16)24(30)33-21/h4,8,10-12,15,20H,5-7,9,13-14,27H2,1-3H3. The number of nitrogens with two attached hydrogens (primary N) is 1. The fourth-order valence-corrected chi connectivity index (χ4v) is 4.30. The first-order valence-corrected chi connectivity index (χ1v) is 11.5. The summed E-state index contributed by atoms with van der Waals surface area (Å²) in [5, 5.41) is 0. The molecule has 2 heterocycles. The summed E-state index contributed by atoms with van der Waals surface area (Å²) in [4.78, 5) is 40.7. The van der Waals surface area contributed by atoms with Gasteiger partial charge in [-0.3, -0.25) is 4.79 Å². The van der Waals surface area contributed by atoms with Crippen LogP contribution in [0.3, 0.4) is 0 Å². The fourth-order valence-electron chi connectivity index (χ4n) is 4.30. The molecule has 1 amide bonds. The van der Waals surface area contributed by atoms with Gasteiger partial charge < -0.3 is 24.8 Å². The Morgan fingerprint density at radius 3 is 2.71 bits per heavy atom. The molecule has 1 fully saturated rings. The summed E-state index contributed by atoms with van der Waals surface area (Å²) < 4.78 is 17.2. The van der Waals surface area contributed by atoms with Gasteiger partial charge >= 0.3 is 11.9 Å². The van der Waals surface area contributed by atoms with Gasteiger partial charge in [0.05, 0.1) is 17.7 Å². The molecule has 0 bridgehead atoms. The maximum atomic E-state index is 13.6. The SMILES string of the molecule is CC(C)(C)OC(=O)C1CCCN1C(=O)c1cccc2c1OCCCc1cc(N)ccc1C(=O)O2. The van der Waals surface area contributed by atoms with Crippen LogP contribution in [0.25, 0.3) is 0 Å². The van der Waals surface area contributed by atoms with Gasteiger partial charge in [-0.1, -0.05) is 6.07 Å². The molecule has 8 heteroatoms. The van der Waals surface area contributed by atoms with Crippen LogP contribution in [-0.2, 0) is 16.0 Å². The Balaban J connectivity index is 1.64. The Morgan fingerprint density at radius 2 is 1.94 bits per heavy atom. The number of hydrogen-bond donors (Lipinski definition) is 1. The van der Waals surface area contributed by atoms with Crippen molar-refractivity contribution in [1.29, 1.82) is 0 Å². The van der Waals surface area contributed by atoms with Gasteiger partial charge in [0.2, 0.25) is 0 Å². The predicted octanol–water partition coefficient (Wildman–Crippen LogP) is 3.76. The highest BCUT2D eigenvalue weighted by Gasteiger charge is 2.38. The van der Waals surface area contributed by atoms with Crippen molar-refractivity contribution in [3.8, 4) is 11.5 Å². The van der Waals surface area contributed by atoms with E-state index in [4.69, 9.17) is 19.9 Å². The average molecular weight is 467 g/mol. The lowest BCUT2D eigenvalue weighted by Crippen LogP contribution is -2.43. The first-order valence-electron chi connectivity index (χ1n) is 11.5. The van der Waals surface area contributed by atoms with Crippen molar-refractivity contribution in [2.45, 2.75) is 58.1 Å². The quantitative estimate of drug-likeness (QED) is 0.408. The van der Waals surface area contributed by atoms with Crippen LogP contribution in [0, 0.1) is 0 Å². The number of benzene rings is 2. The van der Waals surface area contributed by atoms with Gasteiger partial charge in [0.25, 0.3) is 5.91 Å². The van der Waals surface area contributed by atoms with Crippen LogP contribution >= 0.6 is 0 Å². The number of nitrogens with zero attached hydrogens (tertiary/aromatic N) is 1. The molecule has 2 aromatic rings. The number of amides is 1. The Morgan fingerprint density at radius 1 is 1.15 bits per heavy atom. The second-order valence-corrected chi connectivity index (χ2v) is 9.58. The number of carbonyl (C=O) groups excluding carboxylic acids is 3. The zero-order valence-electron chi connectivity index (χ0n) is 19.8. The highest BCUT2D eigenvalue weighted by atomic mass is 16.6. The van der Waals surface area contributed by atoms with E-state index >= 15 is 0 Å². The van der Waals surface area contributed by atoms with Crippen molar-refractivity contribution < 1.29 is 28.6 Å². The molecular formula is C26H30N2O6. The van der Waals surface area contributed by atoms with Gasteiger partial charge in [-0.2, -0.15) is 0 Å². The van der Waals surface area contributed by atoms with Gasteiger partial charge in [-0.15, -0.1) is 0 Å². The topological polar surface area (TPSA) is 108 Å². The molecule has 34 heavy (non-hydrogen) atoms. The summed E-state index contributed by atoms with van der Waals surface area (Å²) in [7, 11) is 0. The number of rotatable bonds is 2. The number of hydrogen-bond acceptors (Lipinski definition) is 7. The first-order chi connectivity index (χ1) is 16.1. The number of para-hydroxylation sites is 1. The molecule has 2 N–H and O–H groups in total. The lowest BCUT2D eigenvalue weighted by molar-refractivity contribution is -0.159. The average Bonchev–Trinajstić information content (AvgIpc) is 3.26. The summed E-state index contributed by atoms with van der Waals surface area (Å²) in [5.41, 5.74) is 7.29. The van der Waals surface area contributed by atoms with Crippen molar-refractivity contribution in [3.05, 3.63) is 53.1 Å². The van der Waals surface area contributed by atoms with E-state index in [-0.39, 0.29) is 23.0 Å². The molecule has 1 saturated heterocycles. The maximum absolute atomic E-state index is 13.6. The number of ether oxygens (including phenoxy) is 3. The van der Waals surface area contributed by atoms with E-state index < -0.39 is 23.6 Å². The normalized spacial score (nSPS) is 18.3. The Kier molecular flexibility index (Phi) is 6.50. The fraction of sp³-hybridized carbons (Fsp3) is 0.423. The Bertz CT molecular complexity index is 1120. The van der Waals surface area contributed by atoms with Crippen LogP contribution in [0.4, 0.5) is 5.69 Å². The smallest absolute Gasteiger partial charge is 0.343 e. The molecule has 1 atom stereocenters. The highest BCUT2D eigenvalue weighted by molar-refractivity contribution is 6.01. The molecule has 0 spiro atoms. The summed E-state index contributed by atoms with van der Waals surface area (Å²) in [6.07, 6.45) is 2.43. The molecule has 2 aliphatic rings. The second kappa shape index (κ2) is 9.37. The summed E-state index contributed by atoms with van der Waals surface area (Å²) in [6.45, 7) is 6.14. The van der Waals surface area contributed by atoms with Gasteiger partial charge in [0.15, 0.2) is 11.5 Å². The predicted molar refractivity (Wildman–Crippen MR) is 126 cm³/mol. The van der Waals surface area contributed by atoms with Crippen molar-refractivity contribution >= 4 is 23.5 Å². The van der Waals surface area contributed by atoms with Crippen LogP contribution in [0.15, 0.2) is 36.4 Å². The summed E-state index contributed by atoms with van der Waals surface area (Å²) in [5.74, 6) is -0.956. The van der Waals surface area contributed by atoms with Crippen LogP contribution < -0.4 is 15.2 Å². The largest absolute Gasteiger partial charge is 0.489 e. The van der Waals surface area contributed by atoms with Crippen LogP contribution in [0.1, 0.15) is 66.3 Å². The zero-order valence-corrected chi connectivity index (χ0v) is 19.8. The van der Waals surface area contributed by atoms with Gasteiger partial charge in [-0.05, 0) is 82.3 Å². The molecule has 0 aromatic heterocycles. The van der Waals surface area contributed by atoms with Gasteiger partial charge in [0, 0.05) is 12.2 Å². The van der Waals surface area contributed by atoms with Crippen molar-refractivity contribution in [3.63, 3.8) is 0 Å². The van der Waals surface area contributed by atoms with E-state index in [1.165, 1.54) is 4.90 Å².